The molecule has 6 heteroatoms. The normalized spacial score (nSPS) is 11.9. The van der Waals surface area contributed by atoms with Gasteiger partial charge in [-0.2, -0.15) is 0 Å². The lowest BCUT2D eigenvalue weighted by atomic mass is 9.92. The van der Waals surface area contributed by atoms with E-state index in [4.69, 9.17) is 8.83 Å². The zero-order valence-electron chi connectivity index (χ0n) is 64.0. The van der Waals surface area contributed by atoms with Gasteiger partial charge in [-0.1, -0.05) is 267 Å². The van der Waals surface area contributed by atoms with Gasteiger partial charge in [0, 0.05) is 93.9 Å². The fourth-order valence-electron chi connectivity index (χ4n) is 19.0. The third-order valence-electron chi connectivity index (χ3n) is 24.5. The Morgan fingerprint density at radius 3 is 1.20 bits per heavy atom. The Balaban J connectivity index is 0.567. The van der Waals surface area contributed by atoms with E-state index in [1.54, 1.807) is 0 Å². The number of rotatable bonds is 13. The van der Waals surface area contributed by atoms with E-state index in [2.05, 4.69) is 431 Å². The number of hydrogen-bond donors (Lipinski definition) is 0. The van der Waals surface area contributed by atoms with Gasteiger partial charge in [0.15, 0.2) is 0 Å². The summed E-state index contributed by atoms with van der Waals surface area (Å²) in [5.41, 5.74) is 27.9. The van der Waals surface area contributed by atoms with E-state index in [0.717, 1.165) is 161 Å². The van der Waals surface area contributed by atoms with Crippen LogP contribution in [0.1, 0.15) is 0 Å². The van der Waals surface area contributed by atoms with E-state index in [1.807, 2.05) is 12.1 Å². The minimum Gasteiger partial charge on any atom is -0.456 e. The molecule has 0 radical (unpaired) electrons. The van der Waals surface area contributed by atoms with Crippen LogP contribution >= 0.6 is 0 Å². The van der Waals surface area contributed by atoms with E-state index in [1.165, 1.54) is 70.3 Å². The molecular weight excluding hydrogens is 1430 g/mol. The lowest BCUT2D eigenvalue weighted by molar-refractivity contribution is 0.669. The standard InChI is InChI=1S/C112H70N4O2/c1-3-26-88-73(20-1)42-43-79-68-87(61-62-90(79)88)113(81-49-44-71(45-50-81)74-22-17-24-76(66-74)91-35-19-41-109-110(91)99-33-10-15-39-107(99)117-109)82-53-57-86(58-54-82)116-104-38-14-9-32-98(104)101-69-80(48-65-105(101)116)93-64-63-92(111-100-34-11-16-40-108(100)118-112(93)111)77-25-18-23-75(67-77)72-46-51-83(52-47-72)114(106-70-78-21-2-4-27-89(78)94-28-5-6-29-95(94)106)84-55-59-85(60-56-84)115-102-36-12-7-30-96(102)97-31-8-13-37-103(97)115/h1-70H. The summed E-state index contributed by atoms with van der Waals surface area (Å²) in [7, 11) is 0. The SMILES string of the molecule is c1cc(-c2ccc(N(c3ccc(-n4c5ccccc5c5cc(-c6ccc(-c7cccc(-c8ccc(N(c9ccc(-n%10c%11ccccc%11c%11ccccc%11%10)cc9)c9cc%10ccccc%10c%10ccccc9%10)cc8)c7)c7c6oc6ccccc67)ccc54)cc3)c3ccc4c(ccc5ccccc54)c3)cc2)cc(-c2cccc3oc4ccccc4c23)c1. The lowest BCUT2D eigenvalue weighted by Crippen LogP contribution is -2.11. The summed E-state index contributed by atoms with van der Waals surface area (Å²) < 4.78 is 18.2. The predicted octanol–water partition coefficient (Wildman–Crippen LogP) is 31.6. The maximum atomic E-state index is 7.09. The van der Waals surface area contributed by atoms with Gasteiger partial charge in [0.25, 0.3) is 0 Å². The molecule has 20 aromatic carbocycles. The van der Waals surface area contributed by atoms with Crippen molar-refractivity contribution >= 4 is 165 Å². The average molecular weight is 1500 g/mol. The zero-order valence-corrected chi connectivity index (χ0v) is 64.0. The smallest absolute Gasteiger partial charge is 0.143 e. The van der Waals surface area contributed by atoms with E-state index in [9.17, 15) is 0 Å². The fraction of sp³-hybridized carbons (Fsp3) is 0. The molecule has 6 nitrogen and oxygen atoms in total. The summed E-state index contributed by atoms with van der Waals surface area (Å²) in [5.74, 6) is 0. The summed E-state index contributed by atoms with van der Waals surface area (Å²) in [5, 5.41) is 19.0. The van der Waals surface area contributed by atoms with Crippen LogP contribution in [0, 0.1) is 0 Å². The molecule has 0 atom stereocenters. The Bertz CT molecular complexity index is 8130. The van der Waals surface area contributed by atoms with Gasteiger partial charge < -0.3 is 27.8 Å². The van der Waals surface area contributed by atoms with Gasteiger partial charge in [-0.3, -0.25) is 0 Å². The third kappa shape index (κ3) is 10.8. The molecule has 4 aromatic heterocycles. The van der Waals surface area contributed by atoms with Crippen molar-refractivity contribution in [1.82, 2.24) is 9.13 Å². The van der Waals surface area contributed by atoms with Crippen LogP contribution in [0.15, 0.2) is 433 Å². The van der Waals surface area contributed by atoms with Crippen molar-refractivity contribution in [3.05, 3.63) is 425 Å². The summed E-state index contributed by atoms with van der Waals surface area (Å²) in [6.07, 6.45) is 0. The molecule has 0 N–H and O–H groups in total. The van der Waals surface area contributed by atoms with Crippen molar-refractivity contribution in [2.45, 2.75) is 0 Å². The number of furan rings is 2. The maximum absolute atomic E-state index is 7.09. The van der Waals surface area contributed by atoms with Crippen molar-refractivity contribution in [1.29, 1.82) is 0 Å². The van der Waals surface area contributed by atoms with Crippen molar-refractivity contribution < 1.29 is 8.83 Å². The van der Waals surface area contributed by atoms with E-state index in [0.29, 0.717) is 0 Å². The average Bonchev–Trinajstić information content (AvgIpc) is 1.60. The zero-order chi connectivity index (χ0) is 77.5. The maximum Gasteiger partial charge on any atom is 0.143 e. The highest BCUT2D eigenvalue weighted by Crippen LogP contribution is 2.49. The highest BCUT2D eigenvalue weighted by molar-refractivity contribution is 6.20. The molecule has 550 valence electrons. The first-order valence-corrected chi connectivity index (χ1v) is 40.4. The molecule has 4 heterocycles. The minimum atomic E-state index is 0.852. The molecule has 0 aliphatic heterocycles. The number of anilines is 6. The number of hydrogen-bond acceptors (Lipinski definition) is 4. The molecule has 0 aliphatic rings. The predicted molar refractivity (Wildman–Crippen MR) is 496 cm³/mol. The number of fused-ring (bicyclic) bond motifs is 18. The summed E-state index contributed by atoms with van der Waals surface area (Å²) in [4.78, 5) is 4.81. The Kier molecular flexibility index (Phi) is 15.3. The third-order valence-corrected chi connectivity index (χ3v) is 24.5. The molecule has 0 saturated heterocycles. The number of benzene rings is 20. The van der Waals surface area contributed by atoms with Crippen LogP contribution in [0.5, 0.6) is 0 Å². The Hall–Kier alpha value is -15.8. The summed E-state index contributed by atoms with van der Waals surface area (Å²) >= 11 is 0. The largest absolute Gasteiger partial charge is 0.456 e. The van der Waals surface area contributed by atoms with E-state index >= 15 is 0 Å². The van der Waals surface area contributed by atoms with Crippen LogP contribution in [0.25, 0.3) is 198 Å². The highest BCUT2D eigenvalue weighted by Gasteiger charge is 2.25. The van der Waals surface area contributed by atoms with Gasteiger partial charge in [-0.25, -0.2) is 0 Å². The van der Waals surface area contributed by atoms with Crippen LogP contribution in [0.2, 0.25) is 0 Å². The monoisotopic (exact) mass is 1500 g/mol. The molecule has 0 unspecified atom stereocenters. The van der Waals surface area contributed by atoms with Crippen molar-refractivity contribution in [2.24, 2.45) is 0 Å². The van der Waals surface area contributed by atoms with Gasteiger partial charge in [0.1, 0.15) is 22.3 Å². The van der Waals surface area contributed by atoms with Crippen LogP contribution in [-0.2, 0) is 0 Å². The van der Waals surface area contributed by atoms with Crippen LogP contribution in [0.3, 0.4) is 0 Å². The molecule has 0 aliphatic carbocycles. The van der Waals surface area contributed by atoms with E-state index in [-0.39, 0.29) is 0 Å². The molecule has 0 fully saturated rings. The second kappa shape index (κ2) is 27.0. The van der Waals surface area contributed by atoms with Gasteiger partial charge in [0.05, 0.1) is 27.8 Å². The molecule has 24 rings (SSSR count). The van der Waals surface area contributed by atoms with Gasteiger partial charge in [0.2, 0.25) is 0 Å². The summed E-state index contributed by atoms with van der Waals surface area (Å²) in [6, 6.07) is 155. The molecular formula is C112H70N4O2. The Morgan fingerprint density at radius 1 is 0.186 bits per heavy atom. The Labute approximate surface area is 679 Å². The molecule has 0 spiro atoms. The van der Waals surface area contributed by atoms with Crippen molar-refractivity contribution in [3.63, 3.8) is 0 Å². The van der Waals surface area contributed by atoms with Crippen molar-refractivity contribution in [3.8, 4) is 67.0 Å². The number of para-hydroxylation sites is 5. The summed E-state index contributed by atoms with van der Waals surface area (Å²) in [6.45, 7) is 0. The second-order valence-electron chi connectivity index (χ2n) is 31.0. The van der Waals surface area contributed by atoms with Gasteiger partial charge in [-0.15, -0.1) is 0 Å². The first-order chi connectivity index (χ1) is 58.5. The first kappa shape index (κ1) is 66.8. The van der Waals surface area contributed by atoms with Crippen LogP contribution in [-0.4, -0.2) is 9.13 Å². The first-order valence-electron chi connectivity index (χ1n) is 40.4. The quantitative estimate of drug-likeness (QED) is 0.108. The molecule has 0 bridgehead atoms. The lowest BCUT2D eigenvalue weighted by Gasteiger charge is -2.28. The number of nitrogens with zero attached hydrogens (tertiary/aromatic N) is 4. The minimum absolute atomic E-state index is 0.852. The van der Waals surface area contributed by atoms with E-state index < -0.39 is 0 Å². The topological polar surface area (TPSA) is 42.6 Å². The molecule has 0 saturated carbocycles. The molecule has 24 aromatic rings. The fourth-order valence-corrected chi connectivity index (χ4v) is 19.0. The molecule has 0 amide bonds. The van der Waals surface area contributed by atoms with Gasteiger partial charge >= 0.3 is 0 Å². The van der Waals surface area contributed by atoms with Gasteiger partial charge in [-0.05, 0) is 246 Å². The number of aromatic nitrogens is 2. The van der Waals surface area contributed by atoms with Crippen LogP contribution < -0.4 is 9.80 Å². The highest BCUT2D eigenvalue weighted by atomic mass is 16.3. The van der Waals surface area contributed by atoms with Crippen LogP contribution in [0.4, 0.5) is 34.1 Å². The second-order valence-corrected chi connectivity index (χ2v) is 31.0. The Morgan fingerprint density at radius 2 is 0.585 bits per heavy atom. The molecule has 118 heavy (non-hydrogen) atoms. The van der Waals surface area contributed by atoms with Crippen molar-refractivity contribution in [2.75, 3.05) is 9.80 Å².